The highest BCUT2D eigenvalue weighted by Gasteiger charge is 2.35. The number of hydrogen-bond donors (Lipinski definition) is 1. The highest BCUT2D eigenvalue weighted by atomic mass is 32.2. The summed E-state index contributed by atoms with van der Waals surface area (Å²) in [5.74, 6) is 1.26. The van der Waals surface area contributed by atoms with Crippen LogP contribution in [0.15, 0.2) is 48.5 Å². The molecule has 2 aromatic carbocycles. The molecule has 1 aliphatic heterocycles. The molecular weight excluding hydrogens is 284 g/mol. The molecule has 5 heteroatoms. The first-order valence-corrected chi connectivity index (χ1v) is 7.67. The standard InChI is InChI=1S/C16H16N2O2S/c1-20-14-5-3-2-4-13(14)18-15(19)10-21-16(18)11-6-8-12(17)9-7-11/h2-9,16H,10,17H2,1H3/t16-/m0/s1. The summed E-state index contributed by atoms with van der Waals surface area (Å²) in [7, 11) is 1.62. The van der Waals surface area contributed by atoms with Crippen LogP contribution in [0.5, 0.6) is 5.75 Å². The number of carbonyl (C=O) groups excluding carboxylic acids is 1. The number of thioether (sulfide) groups is 1. The Hall–Kier alpha value is -2.14. The number of para-hydroxylation sites is 2. The molecule has 2 N–H and O–H groups in total. The second-order valence-electron chi connectivity index (χ2n) is 4.77. The Balaban J connectivity index is 2.01. The molecule has 1 aliphatic rings. The van der Waals surface area contributed by atoms with E-state index in [2.05, 4.69) is 0 Å². The van der Waals surface area contributed by atoms with Crippen LogP contribution in [0.4, 0.5) is 11.4 Å². The molecule has 0 unspecified atom stereocenters. The molecule has 3 rings (SSSR count). The molecule has 0 aliphatic carbocycles. The molecular formula is C16H16N2O2S. The van der Waals surface area contributed by atoms with Crippen molar-refractivity contribution in [2.75, 3.05) is 23.5 Å². The van der Waals surface area contributed by atoms with Gasteiger partial charge in [0.2, 0.25) is 5.91 Å². The predicted molar refractivity (Wildman–Crippen MR) is 86.5 cm³/mol. The van der Waals surface area contributed by atoms with Crippen molar-refractivity contribution in [2.24, 2.45) is 0 Å². The van der Waals surface area contributed by atoms with Gasteiger partial charge in [0.1, 0.15) is 11.1 Å². The van der Waals surface area contributed by atoms with Crippen LogP contribution in [0.3, 0.4) is 0 Å². The van der Waals surface area contributed by atoms with E-state index in [4.69, 9.17) is 10.5 Å². The number of carbonyl (C=O) groups is 1. The van der Waals surface area contributed by atoms with Gasteiger partial charge >= 0.3 is 0 Å². The van der Waals surface area contributed by atoms with Crippen LogP contribution in [-0.2, 0) is 4.79 Å². The number of nitrogens with zero attached hydrogens (tertiary/aromatic N) is 1. The number of hydrogen-bond acceptors (Lipinski definition) is 4. The molecule has 0 bridgehead atoms. The SMILES string of the molecule is COc1ccccc1N1C(=O)CS[C@H]1c1ccc(N)cc1. The Morgan fingerprint density at radius 1 is 1.19 bits per heavy atom. The van der Waals surface area contributed by atoms with Gasteiger partial charge in [-0.05, 0) is 29.8 Å². The van der Waals surface area contributed by atoms with E-state index in [1.54, 1.807) is 23.8 Å². The zero-order valence-corrected chi connectivity index (χ0v) is 12.5. The van der Waals surface area contributed by atoms with Crippen molar-refractivity contribution in [2.45, 2.75) is 5.37 Å². The van der Waals surface area contributed by atoms with E-state index in [0.717, 1.165) is 16.9 Å². The highest BCUT2D eigenvalue weighted by molar-refractivity contribution is 8.00. The second kappa shape index (κ2) is 5.69. The van der Waals surface area contributed by atoms with Gasteiger partial charge < -0.3 is 10.5 Å². The number of ether oxygens (including phenoxy) is 1. The number of amides is 1. The minimum absolute atomic E-state index is 0.0469. The average Bonchev–Trinajstić information content (AvgIpc) is 2.89. The first kappa shape index (κ1) is 13.8. The molecule has 0 spiro atoms. The average molecular weight is 300 g/mol. The Labute approximate surface area is 127 Å². The Morgan fingerprint density at radius 2 is 1.90 bits per heavy atom. The number of benzene rings is 2. The Morgan fingerprint density at radius 3 is 2.62 bits per heavy atom. The number of nitrogens with two attached hydrogens (primary N) is 1. The normalized spacial score (nSPS) is 18.0. The fourth-order valence-corrected chi connectivity index (χ4v) is 3.59. The van der Waals surface area contributed by atoms with Crippen LogP contribution < -0.4 is 15.4 Å². The molecule has 0 aromatic heterocycles. The zero-order valence-electron chi connectivity index (χ0n) is 11.7. The molecule has 1 amide bonds. The first-order chi connectivity index (χ1) is 10.2. The van der Waals surface area contributed by atoms with Crippen LogP contribution in [0, 0.1) is 0 Å². The molecule has 1 fully saturated rings. The van der Waals surface area contributed by atoms with Gasteiger partial charge in [-0.25, -0.2) is 0 Å². The van der Waals surface area contributed by atoms with Gasteiger partial charge in [0, 0.05) is 5.69 Å². The molecule has 2 aromatic rings. The van der Waals surface area contributed by atoms with Gasteiger partial charge in [-0.15, -0.1) is 11.8 Å². The van der Waals surface area contributed by atoms with Crippen molar-refractivity contribution >= 4 is 29.0 Å². The van der Waals surface area contributed by atoms with Crippen LogP contribution in [-0.4, -0.2) is 18.8 Å². The number of nitrogen functional groups attached to an aromatic ring is 1. The van der Waals surface area contributed by atoms with Gasteiger partial charge in [-0.3, -0.25) is 9.69 Å². The summed E-state index contributed by atoms with van der Waals surface area (Å²) in [5, 5.41) is -0.0469. The summed E-state index contributed by atoms with van der Waals surface area (Å²) >= 11 is 1.61. The van der Waals surface area contributed by atoms with E-state index in [1.807, 2.05) is 48.5 Å². The molecule has 1 saturated heterocycles. The number of rotatable bonds is 3. The lowest BCUT2D eigenvalue weighted by molar-refractivity contribution is -0.115. The largest absolute Gasteiger partial charge is 0.495 e. The molecule has 21 heavy (non-hydrogen) atoms. The minimum Gasteiger partial charge on any atom is -0.495 e. The molecule has 0 radical (unpaired) electrons. The lowest BCUT2D eigenvalue weighted by Crippen LogP contribution is -2.28. The van der Waals surface area contributed by atoms with Crippen LogP contribution in [0.25, 0.3) is 0 Å². The van der Waals surface area contributed by atoms with E-state index in [0.29, 0.717) is 11.5 Å². The predicted octanol–water partition coefficient (Wildman–Crippen LogP) is 3.06. The number of anilines is 2. The fraction of sp³-hybridized carbons (Fsp3) is 0.188. The summed E-state index contributed by atoms with van der Waals surface area (Å²) < 4.78 is 5.39. The van der Waals surface area contributed by atoms with Gasteiger partial charge in [0.25, 0.3) is 0 Å². The third-order valence-corrected chi connectivity index (χ3v) is 4.65. The maximum atomic E-state index is 12.3. The smallest absolute Gasteiger partial charge is 0.238 e. The summed E-state index contributed by atoms with van der Waals surface area (Å²) in [5.41, 5.74) is 8.32. The third-order valence-electron chi connectivity index (χ3n) is 3.43. The van der Waals surface area contributed by atoms with Crippen molar-refractivity contribution in [1.82, 2.24) is 0 Å². The van der Waals surface area contributed by atoms with Crippen molar-refractivity contribution in [3.8, 4) is 5.75 Å². The maximum Gasteiger partial charge on any atom is 0.238 e. The topological polar surface area (TPSA) is 55.6 Å². The van der Waals surface area contributed by atoms with Crippen molar-refractivity contribution in [3.05, 3.63) is 54.1 Å². The first-order valence-electron chi connectivity index (χ1n) is 6.63. The van der Waals surface area contributed by atoms with Gasteiger partial charge in [0.15, 0.2) is 0 Å². The van der Waals surface area contributed by atoms with Gasteiger partial charge in [-0.1, -0.05) is 24.3 Å². The van der Waals surface area contributed by atoms with Crippen LogP contribution in [0.1, 0.15) is 10.9 Å². The van der Waals surface area contributed by atoms with Gasteiger partial charge in [-0.2, -0.15) is 0 Å². The van der Waals surface area contributed by atoms with Gasteiger partial charge in [0.05, 0.1) is 18.6 Å². The lowest BCUT2D eigenvalue weighted by Gasteiger charge is -2.25. The molecule has 1 heterocycles. The lowest BCUT2D eigenvalue weighted by atomic mass is 10.1. The van der Waals surface area contributed by atoms with Crippen LogP contribution in [0.2, 0.25) is 0 Å². The second-order valence-corrected chi connectivity index (χ2v) is 5.83. The molecule has 4 nitrogen and oxygen atoms in total. The maximum absolute atomic E-state index is 12.3. The quantitative estimate of drug-likeness (QED) is 0.885. The molecule has 108 valence electrons. The summed E-state index contributed by atoms with van der Waals surface area (Å²) in [6.07, 6.45) is 0. The number of methoxy groups -OCH3 is 1. The summed E-state index contributed by atoms with van der Waals surface area (Å²) in [6, 6.07) is 15.2. The highest BCUT2D eigenvalue weighted by Crippen LogP contribution is 2.44. The van der Waals surface area contributed by atoms with E-state index in [-0.39, 0.29) is 11.3 Å². The zero-order chi connectivity index (χ0) is 14.8. The van der Waals surface area contributed by atoms with Crippen molar-refractivity contribution < 1.29 is 9.53 Å². The van der Waals surface area contributed by atoms with E-state index in [1.165, 1.54) is 0 Å². The molecule has 0 saturated carbocycles. The third kappa shape index (κ3) is 2.56. The minimum atomic E-state index is -0.0469. The summed E-state index contributed by atoms with van der Waals surface area (Å²) in [6.45, 7) is 0. The van der Waals surface area contributed by atoms with Crippen molar-refractivity contribution in [3.63, 3.8) is 0 Å². The fourth-order valence-electron chi connectivity index (χ4n) is 2.42. The van der Waals surface area contributed by atoms with E-state index >= 15 is 0 Å². The van der Waals surface area contributed by atoms with Crippen LogP contribution >= 0.6 is 11.8 Å². The van der Waals surface area contributed by atoms with Crippen molar-refractivity contribution in [1.29, 1.82) is 0 Å². The van der Waals surface area contributed by atoms with E-state index in [9.17, 15) is 4.79 Å². The Kier molecular flexibility index (Phi) is 3.75. The molecule has 1 atom stereocenters. The van der Waals surface area contributed by atoms with E-state index < -0.39 is 0 Å². The monoisotopic (exact) mass is 300 g/mol. The summed E-state index contributed by atoms with van der Waals surface area (Å²) in [4.78, 5) is 14.1. The Bertz CT molecular complexity index is 658.